The number of benzene rings is 2. The summed E-state index contributed by atoms with van der Waals surface area (Å²) in [7, 11) is 1.58. The van der Waals surface area contributed by atoms with E-state index in [1.807, 2.05) is 30.3 Å². The zero-order valence-corrected chi connectivity index (χ0v) is 15.7. The van der Waals surface area contributed by atoms with E-state index in [2.05, 4.69) is 15.4 Å². The fourth-order valence-electron chi connectivity index (χ4n) is 2.40. The molecule has 0 bridgehead atoms. The van der Waals surface area contributed by atoms with Crippen LogP contribution in [0, 0.1) is 0 Å². The van der Waals surface area contributed by atoms with Crippen molar-refractivity contribution in [1.82, 2.24) is 5.32 Å². The van der Waals surface area contributed by atoms with Crippen molar-refractivity contribution in [2.45, 2.75) is 13.0 Å². The van der Waals surface area contributed by atoms with Crippen molar-refractivity contribution in [3.8, 4) is 5.75 Å². The summed E-state index contributed by atoms with van der Waals surface area (Å²) in [6.07, 6.45) is 0.415. The lowest BCUT2D eigenvalue weighted by Crippen LogP contribution is -2.30. The zero-order chi connectivity index (χ0) is 18.8. The summed E-state index contributed by atoms with van der Waals surface area (Å²) in [6, 6.07) is 14.1. The molecule has 0 heterocycles. The van der Waals surface area contributed by atoms with Crippen molar-refractivity contribution in [3.63, 3.8) is 0 Å². The Hall–Kier alpha value is -2.22. The summed E-state index contributed by atoms with van der Waals surface area (Å²) >= 11 is 0. The minimum absolute atomic E-state index is 0. The molecule has 2 rings (SSSR count). The number of ether oxygens (including phenoxy) is 2. The molecule has 0 saturated carbocycles. The zero-order valence-electron chi connectivity index (χ0n) is 14.9. The van der Waals surface area contributed by atoms with Crippen LogP contribution >= 0.6 is 12.4 Å². The molecule has 0 radical (unpaired) electrons. The van der Waals surface area contributed by atoms with Gasteiger partial charge in [0.05, 0.1) is 13.2 Å². The molecule has 8 heteroatoms. The first kappa shape index (κ1) is 22.8. The molecule has 2 N–H and O–H groups in total. The largest absolute Gasteiger partial charge is 0.435 e. The third kappa shape index (κ3) is 8.34. The summed E-state index contributed by atoms with van der Waals surface area (Å²) in [6.45, 7) is -1.71. The standard InChI is InChI=1S/C19H22F2N2O3.ClH/c1-25-10-9-22-13-18(24)23-16-7-8-17(26-19(20)21)15(12-16)11-14-5-3-2-4-6-14;/h2-8,12,19,22H,9-11,13H2,1H3,(H,23,24);1H. The summed E-state index contributed by atoms with van der Waals surface area (Å²) < 4.78 is 34.8. The summed E-state index contributed by atoms with van der Waals surface area (Å²) in [4.78, 5) is 11.9. The number of hydrogen-bond acceptors (Lipinski definition) is 4. The van der Waals surface area contributed by atoms with E-state index in [-0.39, 0.29) is 30.6 Å². The number of hydrogen-bond donors (Lipinski definition) is 2. The van der Waals surface area contributed by atoms with E-state index < -0.39 is 6.61 Å². The molecule has 0 spiro atoms. The van der Waals surface area contributed by atoms with Crippen LogP contribution in [0.1, 0.15) is 11.1 Å². The number of methoxy groups -OCH3 is 1. The Labute approximate surface area is 163 Å². The lowest BCUT2D eigenvalue weighted by atomic mass is 10.0. The van der Waals surface area contributed by atoms with Crippen LogP contribution in [0.3, 0.4) is 0 Å². The van der Waals surface area contributed by atoms with Crippen LogP contribution in [0.2, 0.25) is 0 Å². The summed E-state index contributed by atoms with van der Waals surface area (Å²) in [5.74, 6) is -0.130. The number of halogens is 3. The number of carbonyl (C=O) groups is 1. The number of alkyl halides is 2. The Morgan fingerprint density at radius 1 is 1.15 bits per heavy atom. The van der Waals surface area contributed by atoms with Crippen molar-refractivity contribution in [2.75, 3.05) is 32.1 Å². The van der Waals surface area contributed by atoms with Crippen LogP contribution in [0.25, 0.3) is 0 Å². The van der Waals surface area contributed by atoms with Gasteiger partial charge in [-0.3, -0.25) is 4.79 Å². The predicted octanol–water partition coefficient (Wildman–Crippen LogP) is 3.48. The van der Waals surface area contributed by atoms with Crippen molar-refractivity contribution in [1.29, 1.82) is 0 Å². The Balaban J connectivity index is 0.00000364. The molecular weight excluding hydrogens is 378 g/mol. The van der Waals surface area contributed by atoms with Gasteiger partial charge in [0.15, 0.2) is 0 Å². The fourth-order valence-corrected chi connectivity index (χ4v) is 2.40. The van der Waals surface area contributed by atoms with Gasteiger partial charge >= 0.3 is 6.61 Å². The molecule has 27 heavy (non-hydrogen) atoms. The first-order chi connectivity index (χ1) is 12.6. The number of rotatable bonds is 10. The van der Waals surface area contributed by atoms with Crippen molar-refractivity contribution < 1.29 is 23.0 Å². The van der Waals surface area contributed by atoms with Crippen LogP contribution in [0.4, 0.5) is 14.5 Å². The van der Waals surface area contributed by atoms with E-state index in [1.54, 1.807) is 19.2 Å². The van der Waals surface area contributed by atoms with Gasteiger partial charge in [0.2, 0.25) is 5.91 Å². The van der Waals surface area contributed by atoms with E-state index in [1.165, 1.54) is 6.07 Å². The van der Waals surface area contributed by atoms with E-state index >= 15 is 0 Å². The van der Waals surface area contributed by atoms with Gasteiger partial charge in [-0.2, -0.15) is 8.78 Å². The molecule has 2 aromatic carbocycles. The Bertz CT molecular complexity index is 703. The van der Waals surface area contributed by atoms with E-state index in [4.69, 9.17) is 4.74 Å². The smallest absolute Gasteiger partial charge is 0.387 e. The molecular formula is C19H23ClF2N2O3. The molecule has 0 atom stereocenters. The molecule has 1 amide bonds. The summed E-state index contributed by atoms with van der Waals surface area (Å²) in [5.41, 5.74) is 2.05. The van der Waals surface area contributed by atoms with Gasteiger partial charge in [-0.25, -0.2) is 0 Å². The number of carbonyl (C=O) groups excluding carboxylic acids is 1. The maximum Gasteiger partial charge on any atom is 0.387 e. The minimum Gasteiger partial charge on any atom is -0.435 e. The predicted molar refractivity (Wildman–Crippen MR) is 103 cm³/mol. The van der Waals surface area contributed by atoms with Gasteiger partial charge in [-0.05, 0) is 23.8 Å². The average molecular weight is 401 g/mol. The Morgan fingerprint density at radius 2 is 1.89 bits per heavy atom. The first-order valence-electron chi connectivity index (χ1n) is 8.19. The maximum absolute atomic E-state index is 12.6. The second-order valence-electron chi connectivity index (χ2n) is 5.58. The molecule has 148 valence electrons. The third-order valence-corrected chi connectivity index (χ3v) is 3.57. The Kier molecular flexibility index (Phi) is 10.3. The van der Waals surface area contributed by atoms with Crippen LogP contribution in [0.15, 0.2) is 48.5 Å². The van der Waals surface area contributed by atoms with Crippen LogP contribution in [-0.2, 0) is 16.0 Å². The maximum atomic E-state index is 12.6. The molecule has 0 saturated heterocycles. The summed E-state index contributed by atoms with van der Waals surface area (Å²) in [5, 5.41) is 5.68. The lowest BCUT2D eigenvalue weighted by molar-refractivity contribution is -0.115. The number of amides is 1. The van der Waals surface area contributed by atoms with Crippen molar-refractivity contribution >= 4 is 24.0 Å². The van der Waals surface area contributed by atoms with Crippen molar-refractivity contribution in [2.24, 2.45) is 0 Å². The normalized spacial score (nSPS) is 10.4. The topological polar surface area (TPSA) is 59.6 Å². The molecule has 5 nitrogen and oxygen atoms in total. The molecule has 0 fully saturated rings. The molecule has 0 aliphatic heterocycles. The van der Waals surface area contributed by atoms with Crippen LogP contribution in [-0.4, -0.2) is 39.3 Å². The number of nitrogens with one attached hydrogen (secondary N) is 2. The highest BCUT2D eigenvalue weighted by Gasteiger charge is 2.12. The van der Waals surface area contributed by atoms with Gasteiger partial charge in [0.1, 0.15) is 5.75 Å². The van der Waals surface area contributed by atoms with Gasteiger partial charge < -0.3 is 20.1 Å². The average Bonchev–Trinajstić information content (AvgIpc) is 2.61. The van der Waals surface area contributed by atoms with Gasteiger partial charge in [0.25, 0.3) is 0 Å². The highest BCUT2D eigenvalue weighted by atomic mass is 35.5. The SMILES string of the molecule is COCCNCC(=O)Nc1ccc(OC(F)F)c(Cc2ccccc2)c1.Cl. The lowest BCUT2D eigenvalue weighted by Gasteiger charge is -2.14. The highest BCUT2D eigenvalue weighted by molar-refractivity contribution is 5.92. The van der Waals surface area contributed by atoms with Gasteiger partial charge in [-0.15, -0.1) is 12.4 Å². The first-order valence-corrected chi connectivity index (χ1v) is 8.19. The highest BCUT2D eigenvalue weighted by Crippen LogP contribution is 2.27. The van der Waals surface area contributed by atoms with E-state index in [9.17, 15) is 13.6 Å². The minimum atomic E-state index is -2.91. The number of anilines is 1. The quantitative estimate of drug-likeness (QED) is 0.599. The molecule has 0 aliphatic carbocycles. The van der Waals surface area contributed by atoms with Gasteiger partial charge in [-0.1, -0.05) is 30.3 Å². The van der Waals surface area contributed by atoms with Crippen LogP contribution < -0.4 is 15.4 Å². The third-order valence-electron chi connectivity index (χ3n) is 3.57. The van der Waals surface area contributed by atoms with E-state index in [0.29, 0.717) is 30.8 Å². The molecule has 0 aromatic heterocycles. The second-order valence-corrected chi connectivity index (χ2v) is 5.58. The van der Waals surface area contributed by atoms with Gasteiger partial charge in [0, 0.05) is 31.3 Å². The van der Waals surface area contributed by atoms with E-state index in [0.717, 1.165) is 5.56 Å². The Morgan fingerprint density at radius 3 is 2.56 bits per heavy atom. The fraction of sp³-hybridized carbons (Fsp3) is 0.316. The van der Waals surface area contributed by atoms with Crippen molar-refractivity contribution in [3.05, 3.63) is 59.7 Å². The molecule has 2 aromatic rings. The van der Waals surface area contributed by atoms with Crippen LogP contribution in [0.5, 0.6) is 5.75 Å². The molecule has 0 aliphatic rings. The molecule has 0 unspecified atom stereocenters. The monoisotopic (exact) mass is 400 g/mol. The second kappa shape index (κ2) is 12.2.